The Morgan fingerprint density at radius 3 is 2.50 bits per heavy atom. The van der Waals surface area contributed by atoms with E-state index in [1.54, 1.807) is 0 Å². The van der Waals surface area contributed by atoms with Gasteiger partial charge < -0.3 is 15.5 Å². The number of aliphatic hydroxyl groups is 1. The van der Waals surface area contributed by atoms with E-state index in [9.17, 15) is 9.90 Å². The predicted molar refractivity (Wildman–Crippen MR) is 55.2 cm³/mol. The quantitative estimate of drug-likeness (QED) is 0.573. The predicted octanol–water partition coefficient (Wildman–Crippen LogP) is 0.848. The van der Waals surface area contributed by atoms with Crippen LogP contribution in [0.4, 0.5) is 0 Å². The van der Waals surface area contributed by atoms with Crippen molar-refractivity contribution in [3.63, 3.8) is 0 Å². The molecule has 14 heavy (non-hydrogen) atoms. The maximum Gasteiger partial charge on any atom is 0.306 e. The van der Waals surface area contributed by atoms with E-state index in [1.807, 2.05) is 0 Å². The standard InChI is InChI=1S/C10H21NO3/c1-4-10(2,3)7-11-6-8(12)5-9(13)14/h8,11-12H,4-7H2,1-3H3,(H,13,14). The zero-order valence-electron chi connectivity index (χ0n) is 9.21. The minimum Gasteiger partial charge on any atom is -0.481 e. The molecular weight excluding hydrogens is 182 g/mol. The number of nitrogens with one attached hydrogen (secondary N) is 1. The Hall–Kier alpha value is -0.610. The van der Waals surface area contributed by atoms with Crippen LogP contribution in [0.2, 0.25) is 0 Å². The smallest absolute Gasteiger partial charge is 0.306 e. The van der Waals surface area contributed by atoms with Crippen LogP contribution in [0.15, 0.2) is 0 Å². The Kier molecular flexibility index (Phi) is 5.72. The number of hydrogen-bond donors (Lipinski definition) is 3. The number of carbonyl (C=O) groups is 1. The summed E-state index contributed by atoms with van der Waals surface area (Å²) in [7, 11) is 0. The third-order valence-electron chi connectivity index (χ3n) is 2.35. The first-order valence-electron chi connectivity index (χ1n) is 4.98. The highest BCUT2D eigenvalue weighted by Gasteiger charge is 2.15. The normalized spacial score (nSPS) is 14.0. The maximum absolute atomic E-state index is 10.2. The van der Waals surface area contributed by atoms with Gasteiger partial charge in [0.2, 0.25) is 0 Å². The van der Waals surface area contributed by atoms with Crippen LogP contribution >= 0.6 is 0 Å². The summed E-state index contributed by atoms with van der Waals surface area (Å²) in [6, 6.07) is 0. The zero-order valence-corrected chi connectivity index (χ0v) is 9.21. The number of carboxylic acid groups (broad SMARTS) is 1. The van der Waals surface area contributed by atoms with Crippen molar-refractivity contribution in [2.75, 3.05) is 13.1 Å². The van der Waals surface area contributed by atoms with E-state index in [0.717, 1.165) is 13.0 Å². The lowest BCUT2D eigenvalue weighted by atomic mass is 9.90. The number of aliphatic hydroxyl groups excluding tert-OH is 1. The first-order chi connectivity index (χ1) is 6.37. The topological polar surface area (TPSA) is 69.6 Å². The Morgan fingerprint density at radius 1 is 1.50 bits per heavy atom. The van der Waals surface area contributed by atoms with Gasteiger partial charge in [-0.3, -0.25) is 4.79 Å². The Labute approximate surface area is 85.3 Å². The molecule has 1 atom stereocenters. The molecule has 0 saturated heterocycles. The second kappa shape index (κ2) is 5.98. The Balaban J connectivity index is 3.58. The van der Waals surface area contributed by atoms with Gasteiger partial charge >= 0.3 is 5.97 Å². The molecule has 0 heterocycles. The molecule has 4 nitrogen and oxygen atoms in total. The number of hydrogen-bond acceptors (Lipinski definition) is 3. The van der Waals surface area contributed by atoms with Crippen LogP contribution in [0.1, 0.15) is 33.6 Å². The van der Waals surface area contributed by atoms with Crippen molar-refractivity contribution < 1.29 is 15.0 Å². The molecule has 0 rings (SSSR count). The molecule has 0 bridgehead atoms. The van der Waals surface area contributed by atoms with Crippen molar-refractivity contribution in [2.45, 2.75) is 39.7 Å². The van der Waals surface area contributed by atoms with E-state index in [2.05, 4.69) is 26.1 Å². The number of aliphatic carboxylic acids is 1. The van der Waals surface area contributed by atoms with Crippen molar-refractivity contribution in [1.82, 2.24) is 5.32 Å². The highest BCUT2D eigenvalue weighted by Crippen LogP contribution is 2.17. The molecule has 0 aliphatic heterocycles. The van der Waals surface area contributed by atoms with Crippen LogP contribution in [-0.2, 0) is 4.79 Å². The minimum atomic E-state index is -0.964. The highest BCUT2D eigenvalue weighted by molar-refractivity contribution is 5.67. The van der Waals surface area contributed by atoms with Gasteiger partial charge in [-0.2, -0.15) is 0 Å². The van der Waals surface area contributed by atoms with Gasteiger partial charge in [-0.05, 0) is 11.8 Å². The molecule has 0 aromatic carbocycles. The summed E-state index contributed by atoms with van der Waals surface area (Å²) in [6.07, 6.45) is 0.0642. The average molecular weight is 203 g/mol. The second-order valence-electron chi connectivity index (χ2n) is 4.40. The first kappa shape index (κ1) is 13.4. The maximum atomic E-state index is 10.2. The van der Waals surface area contributed by atoms with Crippen LogP contribution in [0.5, 0.6) is 0 Å². The van der Waals surface area contributed by atoms with Crippen LogP contribution in [0.25, 0.3) is 0 Å². The summed E-state index contributed by atoms with van der Waals surface area (Å²) >= 11 is 0. The molecule has 0 amide bonds. The third-order valence-corrected chi connectivity index (χ3v) is 2.35. The molecule has 4 heteroatoms. The summed E-state index contributed by atoms with van der Waals surface area (Å²) in [4.78, 5) is 10.2. The van der Waals surface area contributed by atoms with Gasteiger partial charge in [-0.1, -0.05) is 20.8 Å². The molecule has 0 aromatic heterocycles. The van der Waals surface area contributed by atoms with Crippen molar-refractivity contribution >= 4 is 5.97 Å². The van der Waals surface area contributed by atoms with Crippen LogP contribution in [0, 0.1) is 5.41 Å². The Bertz CT molecular complexity index is 180. The molecular formula is C10H21NO3. The summed E-state index contributed by atoms with van der Waals surface area (Å²) in [5.74, 6) is -0.964. The van der Waals surface area contributed by atoms with Gasteiger partial charge in [0.15, 0.2) is 0 Å². The monoisotopic (exact) mass is 203 g/mol. The molecule has 84 valence electrons. The van der Waals surface area contributed by atoms with Gasteiger partial charge in [0.25, 0.3) is 0 Å². The lowest BCUT2D eigenvalue weighted by molar-refractivity contribution is -0.139. The summed E-state index contributed by atoms with van der Waals surface area (Å²) in [5, 5.41) is 20.7. The molecule has 3 N–H and O–H groups in total. The fourth-order valence-corrected chi connectivity index (χ4v) is 0.976. The fraction of sp³-hybridized carbons (Fsp3) is 0.900. The average Bonchev–Trinajstić information content (AvgIpc) is 2.02. The summed E-state index contributed by atoms with van der Waals surface area (Å²) in [6.45, 7) is 7.50. The van der Waals surface area contributed by atoms with E-state index in [-0.39, 0.29) is 11.8 Å². The van der Waals surface area contributed by atoms with E-state index in [1.165, 1.54) is 0 Å². The molecule has 0 aromatic rings. The van der Waals surface area contributed by atoms with Crippen LogP contribution in [0.3, 0.4) is 0 Å². The number of rotatable bonds is 7. The van der Waals surface area contributed by atoms with Crippen molar-refractivity contribution in [1.29, 1.82) is 0 Å². The molecule has 0 spiro atoms. The van der Waals surface area contributed by atoms with Crippen molar-refractivity contribution in [3.05, 3.63) is 0 Å². The third kappa shape index (κ3) is 6.86. The van der Waals surface area contributed by atoms with E-state index in [0.29, 0.717) is 6.54 Å². The van der Waals surface area contributed by atoms with Gasteiger partial charge in [0.1, 0.15) is 0 Å². The van der Waals surface area contributed by atoms with Gasteiger partial charge in [-0.15, -0.1) is 0 Å². The van der Waals surface area contributed by atoms with E-state index < -0.39 is 12.1 Å². The summed E-state index contributed by atoms with van der Waals surface area (Å²) < 4.78 is 0. The van der Waals surface area contributed by atoms with Gasteiger partial charge in [0.05, 0.1) is 12.5 Å². The van der Waals surface area contributed by atoms with Gasteiger partial charge in [-0.25, -0.2) is 0 Å². The molecule has 0 fully saturated rings. The first-order valence-corrected chi connectivity index (χ1v) is 4.98. The molecule has 0 radical (unpaired) electrons. The van der Waals surface area contributed by atoms with E-state index >= 15 is 0 Å². The second-order valence-corrected chi connectivity index (χ2v) is 4.40. The lowest BCUT2D eigenvalue weighted by Crippen LogP contribution is -2.35. The molecule has 0 saturated carbocycles. The Morgan fingerprint density at radius 2 is 2.07 bits per heavy atom. The molecule has 1 unspecified atom stereocenters. The SMILES string of the molecule is CCC(C)(C)CNCC(O)CC(=O)O. The highest BCUT2D eigenvalue weighted by atomic mass is 16.4. The van der Waals surface area contributed by atoms with Crippen LogP contribution in [-0.4, -0.2) is 35.4 Å². The largest absolute Gasteiger partial charge is 0.481 e. The number of carboxylic acids is 1. The van der Waals surface area contributed by atoms with Crippen molar-refractivity contribution in [3.8, 4) is 0 Å². The zero-order chi connectivity index (χ0) is 11.2. The minimum absolute atomic E-state index is 0.195. The molecule has 0 aliphatic carbocycles. The lowest BCUT2D eigenvalue weighted by Gasteiger charge is -2.23. The van der Waals surface area contributed by atoms with Crippen LogP contribution < -0.4 is 5.32 Å². The van der Waals surface area contributed by atoms with E-state index in [4.69, 9.17) is 5.11 Å². The van der Waals surface area contributed by atoms with Gasteiger partial charge in [0, 0.05) is 13.1 Å². The fourth-order valence-electron chi connectivity index (χ4n) is 0.976. The van der Waals surface area contributed by atoms with Crippen molar-refractivity contribution in [2.24, 2.45) is 5.41 Å². The summed E-state index contributed by atoms with van der Waals surface area (Å²) in [5.41, 5.74) is 0.197. The molecule has 0 aliphatic rings.